The first-order valence-electron chi connectivity index (χ1n) is 6.85. The zero-order chi connectivity index (χ0) is 13.0. The second-order valence-corrected chi connectivity index (χ2v) is 6.02. The smallest absolute Gasteiger partial charge is 0.142 e. The number of hydrogen-bond acceptors (Lipinski definition) is 1. The molecular weight excluding hydrogens is 293 g/mol. The molecule has 1 aliphatic carbocycles. The van der Waals surface area contributed by atoms with Crippen molar-refractivity contribution in [3.8, 4) is 0 Å². The largest absolute Gasteiger partial charge is 0.313 e. The molecule has 100 valence electrons. The Morgan fingerprint density at radius 3 is 2.50 bits per heavy atom. The fourth-order valence-corrected chi connectivity index (χ4v) is 3.43. The van der Waals surface area contributed by atoms with Gasteiger partial charge in [0.15, 0.2) is 0 Å². The minimum absolute atomic E-state index is 0.110. The molecule has 1 N–H and O–H groups in total. The molecule has 1 aliphatic rings. The topological polar surface area (TPSA) is 12.0 Å². The van der Waals surface area contributed by atoms with Crippen molar-refractivity contribution in [2.75, 3.05) is 7.05 Å². The van der Waals surface area contributed by atoms with Gasteiger partial charge in [0.2, 0.25) is 0 Å². The van der Waals surface area contributed by atoms with Crippen LogP contribution in [0.1, 0.15) is 50.1 Å². The van der Waals surface area contributed by atoms with Crippen LogP contribution in [0.5, 0.6) is 0 Å². The van der Waals surface area contributed by atoms with Gasteiger partial charge < -0.3 is 5.32 Å². The van der Waals surface area contributed by atoms with E-state index in [0.29, 0.717) is 10.4 Å². The van der Waals surface area contributed by atoms with Gasteiger partial charge in [0.1, 0.15) is 5.82 Å². The molecule has 1 unspecified atom stereocenters. The molecule has 1 saturated carbocycles. The molecule has 0 bridgehead atoms. The van der Waals surface area contributed by atoms with Crippen LogP contribution in [0.25, 0.3) is 0 Å². The van der Waals surface area contributed by atoms with Crippen LogP contribution in [-0.4, -0.2) is 7.05 Å². The lowest BCUT2D eigenvalue weighted by Crippen LogP contribution is -2.26. The van der Waals surface area contributed by atoms with Crippen molar-refractivity contribution < 1.29 is 4.39 Å². The van der Waals surface area contributed by atoms with Gasteiger partial charge in [-0.25, -0.2) is 4.39 Å². The van der Waals surface area contributed by atoms with Gasteiger partial charge in [-0.05, 0) is 47.8 Å². The SMILES string of the molecule is CNC(c1cccc(Br)c1F)C1CCCCCC1. The van der Waals surface area contributed by atoms with Crippen LogP contribution < -0.4 is 5.32 Å². The van der Waals surface area contributed by atoms with Crippen molar-refractivity contribution in [1.82, 2.24) is 5.32 Å². The minimum Gasteiger partial charge on any atom is -0.313 e. The van der Waals surface area contributed by atoms with Crippen LogP contribution in [0.3, 0.4) is 0 Å². The Morgan fingerprint density at radius 1 is 1.22 bits per heavy atom. The Bertz CT molecular complexity index is 386. The van der Waals surface area contributed by atoms with Crippen LogP contribution in [-0.2, 0) is 0 Å². The van der Waals surface area contributed by atoms with Gasteiger partial charge in [-0.2, -0.15) is 0 Å². The quantitative estimate of drug-likeness (QED) is 0.789. The summed E-state index contributed by atoms with van der Waals surface area (Å²) >= 11 is 3.28. The van der Waals surface area contributed by atoms with Crippen LogP contribution in [0.4, 0.5) is 4.39 Å². The van der Waals surface area contributed by atoms with Crippen LogP contribution >= 0.6 is 15.9 Å². The molecular formula is C15H21BrFN. The third kappa shape index (κ3) is 3.12. The van der Waals surface area contributed by atoms with E-state index in [9.17, 15) is 4.39 Å². The average molecular weight is 314 g/mol. The Balaban J connectivity index is 2.23. The van der Waals surface area contributed by atoms with Crippen molar-refractivity contribution in [2.24, 2.45) is 5.92 Å². The van der Waals surface area contributed by atoms with Gasteiger partial charge in [0.25, 0.3) is 0 Å². The van der Waals surface area contributed by atoms with E-state index in [0.717, 1.165) is 5.56 Å². The number of rotatable bonds is 3. The first-order chi connectivity index (χ1) is 8.74. The molecule has 1 aromatic rings. The van der Waals surface area contributed by atoms with Crippen molar-refractivity contribution >= 4 is 15.9 Å². The molecule has 18 heavy (non-hydrogen) atoms. The summed E-state index contributed by atoms with van der Waals surface area (Å²) in [5.74, 6) is 0.447. The van der Waals surface area contributed by atoms with E-state index in [1.165, 1.54) is 38.5 Å². The highest BCUT2D eigenvalue weighted by Crippen LogP contribution is 2.35. The maximum atomic E-state index is 14.2. The highest BCUT2D eigenvalue weighted by molar-refractivity contribution is 9.10. The van der Waals surface area contributed by atoms with Gasteiger partial charge >= 0.3 is 0 Å². The molecule has 0 amide bonds. The molecule has 0 heterocycles. The summed E-state index contributed by atoms with van der Waals surface area (Å²) in [5.41, 5.74) is 0.804. The van der Waals surface area contributed by atoms with Gasteiger partial charge in [0, 0.05) is 11.6 Å². The third-order valence-corrected chi connectivity index (χ3v) is 4.61. The monoisotopic (exact) mass is 313 g/mol. The molecule has 1 atom stereocenters. The Hall–Kier alpha value is -0.410. The van der Waals surface area contributed by atoms with Crippen molar-refractivity contribution in [3.05, 3.63) is 34.1 Å². The fourth-order valence-electron chi connectivity index (χ4n) is 3.05. The maximum Gasteiger partial charge on any atom is 0.142 e. The van der Waals surface area contributed by atoms with E-state index in [1.54, 1.807) is 6.07 Å². The minimum atomic E-state index is -0.110. The summed E-state index contributed by atoms with van der Waals surface area (Å²) in [5, 5.41) is 3.32. The van der Waals surface area contributed by atoms with Crippen LogP contribution in [0.2, 0.25) is 0 Å². The van der Waals surface area contributed by atoms with E-state index >= 15 is 0 Å². The predicted molar refractivity (Wildman–Crippen MR) is 77.1 cm³/mol. The predicted octanol–water partition coefficient (Wildman–Crippen LogP) is 4.82. The summed E-state index contributed by atoms with van der Waals surface area (Å²) in [4.78, 5) is 0. The van der Waals surface area contributed by atoms with Gasteiger partial charge in [-0.1, -0.05) is 37.8 Å². The summed E-state index contributed by atoms with van der Waals surface area (Å²) in [6.45, 7) is 0. The maximum absolute atomic E-state index is 14.2. The lowest BCUT2D eigenvalue weighted by atomic mass is 9.87. The first-order valence-corrected chi connectivity index (χ1v) is 7.64. The molecule has 0 saturated heterocycles. The highest BCUT2D eigenvalue weighted by Gasteiger charge is 2.25. The molecule has 0 spiro atoms. The summed E-state index contributed by atoms with van der Waals surface area (Å²) in [6, 6.07) is 5.73. The normalized spacial score (nSPS) is 19.5. The molecule has 1 aromatic carbocycles. The lowest BCUT2D eigenvalue weighted by Gasteiger charge is -2.26. The Labute approximate surface area is 117 Å². The van der Waals surface area contributed by atoms with E-state index in [1.807, 2.05) is 19.2 Å². The molecule has 2 rings (SSSR count). The number of nitrogens with one attached hydrogen (secondary N) is 1. The molecule has 3 heteroatoms. The van der Waals surface area contributed by atoms with E-state index < -0.39 is 0 Å². The van der Waals surface area contributed by atoms with Crippen molar-refractivity contribution in [1.29, 1.82) is 0 Å². The molecule has 1 fully saturated rings. The van der Waals surface area contributed by atoms with Crippen molar-refractivity contribution in [2.45, 2.75) is 44.6 Å². The Kier molecular flexibility index (Phi) is 5.19. The lowest BCUT2D eigenvalue weighted by molar-refractivity contribution is 0.333. The van der Waals surface area contributed by atoms with Crippen LogP contribution in [0, 0.1) is 11.7 Å². The third-order valence-electron chi connectivity index (χ3n) is 4.00. The number of halogens is 2. The van der Waals surface area contributed by atoms with E-state index in [-0.39, 0.29) is 11.9 Å². The Morgan fingerprint density at radius 2 is 1.89 bits per heavy atom. The average Bonchev–Trinajstić information content (AvgIpc) is 2.64. The summed E-state index contributed by atoms with van der Waals surface area (Å²) in [7, 11) is 1.94. The fraction of sp³-hybridized carbons (Fsp3) is 0.600. The summed E-state index contributed by atoms with van der Waals surface area (Å²) in [6.07, 6.45) is 7.62. The van der Waals surface area contributed by atoms with Crippen molar-refractivity contribution in [3.63, 3.8) is 0 Å². The second kappa shape index (κ2) is 6.67. The number of benzene rings is 1. The summed E-state index contributed by atoms with van der Waals surface area (Å²) < 4.78 is 14.8. The van der Waals surface area contributed by atoms with Gasteiger partial charge in [-0.3, -0.25) is 0 Å². The zero-order valence-corrected chi connectivity index (χ0v) is 12.5. The van der Waals surface area contributed by atoms with E-state index in [2.05, 4.69) is 21.2 Å². The molecule has 0 aromatic heterocycles. The zero-order valence-electron chi connectivity index (χ0n) is 10.9. The number of hydrogen-bond donors (Lipinski definition) is 1. The highest BCUT2D eigenvalue weighted by atomic mass is 79.9. The second-order valence-electron chi connectivity index (χ2n) is 5.16. The molecule has 1 nitrogen and oxygen atoms in total. The van der Waals surface area contributed by atoms with Gasteiger partial charge in [0.05, 0.1) is 4.47 Å². The van der Waals surface area contributed by atoms with Gasteiger partial charge in [-0.15, -0.1) is 0 Å². The molecule has 0 radical (unpaired) electrons. The van der Waals surface area contributed by atoms with E-state index in [4.69, 9.17) is 0 Å². The molecule has 0 aliphatic heterocycles. The van der Waals surface area contributed by atoms with Crippen LogP contribution in [0.15, 0.2) is 22.7 Å². The first kappa shape index (κ1) is 14.0. The standard InChI is InChI=1S/C15H21BrFN/c1-18-15(11-7-4-2-3-5-8-11)12-9-6-10-13(16)14(12)17/h6,9-11,15,18H,2-5,7-8H2,1H3.